The molecule has 0 bridgehead atoms. The summed E-state index contributed by atoms with van der Waals surface area (Å²) in [6.07, 6.45) is 0. The third-order valence-corrected chi connectivity index (χ3v) is 5.66. The molecule has 0 spiro atoms. The molecule has 0 aliphatic carbocycles. The van der Waals surface area contributed by atoms with E-state index in [4.69, 9.17) is 0 Å². The summed E-state index contributed by atoms with van der Waals surface area (Å²) >= 11 is 0. The standard InChI is InChI=1S/C11H20N2O3S/c1-8-7-17(15,16)4-3-13(8)11(14)9(2)10-5-12-6-10/h8-10,12H,3-7H2,1-2H3. The minimum atomic E-state index is -2.94. The van der Waals surface area contributed by atoms with Crippen LogP contribution in [0.1, 0.15) is 13.8 Å². The van der Waals surface area contributed by atoms with Crippen LogP contribution in [0.4, 0.5) is 0 Å². The highest BCUT2D eigenvalue weighted by atomic mass is 32.2. The van der Waals surface area contributed by atoms with Crippen LogP contribution in [0.25, 0.3) is 0 Å². The Kier molecular flexibility index (Phi) is 3.45. The minimum Gasteiger partial charge on any atom is -0.338 e. The normalized spacial score (nSPS) is 30.7. The van der Waals surface area contributed by atoms with E-state index in [2.05, 4.69) is 5.32 Å². The Bertz CT molecular complexity index is 403. The van der Waals surface area contributed by atoms with Gasteiger partial charge in [0.25, 0.3) is 0 Å². The van der Waals surface area contributed by atoms with Gasteiger partial charge in [-0.3, -0.25) is 4.79 Å². The lowest BCUT2D eigenvalue weighted by Gasteiger charge is -2.39. The second-order valence-electron chi connectivity index (χ2n) is 5.20. The van der Waals surface area contributed by atoms with Crippen LogP contribution in [-0.2, 0) is 14.6 Å². The van der Waals surface area contributed by atoms with Crippen molar-refractivity contribution in [2.45, 2.75) is 19.9 Å². The van der Waals surface area contributed by atoms with Crippen LogP contribution in [0.15, 0.2) is 0 Å². The van der Waals surface area contributed by atoms with Crippen LogP contribution in [-0.4, -0.2) is 56.4 Å². The molecule has 0 saturated carbocycles. The van der Waals surface area contributed by atoms with Crippen molar-refractivity contribution in [1.29, 1.82) is 0 Å². The molecule has 1 N–H and O–H groups in total. The van der Waals surface area contributed by atoms with Crippen molar-refractivity contribution in [3.8, 4) is 0 Å². The summed E-state index contributed by atoms with van der Waals surface area (Å²) in [4.78, 5) is 14.0. The van der Waals surface area contributed by atoms with Crippen molar-refractivity contribution >= 4 is 15.7 Å². The second-order valence-corrected chi connectivity index (χ2v) is 7.43. The summed E-state index contributed by atoms with van der Waals surface area (Å²) in [7, 11) is -2.94. The fourth-order valence-electron chi connectivity index (χ4n) is 2.45. The molecular weight excluding hydrogens is 240 g/mol. The first-order chi connectivity index (χ1) is 7.91. The number of rotatable bonds is 2. The van der Waals surface area contributed by atoms with Crippen molar-refractivity contribution in [2.75, 3.05) is 31.1 Å². The van der Waals surface area contributed by atoms with Gasteiger partial charge in [0, 0.05) is 18.5 Å². The molecule has 6 heteroatoms. The van der Waals surface area contributed by atoms with Crippen LogP contribution < -0.4 is 5.32 Å². The largest absolute Gasteiger partial charge is 0.338 e. The van der Waals surface area contributed by atoms with Crippen LogP contribution in [0.3, 0.4) is 0 Å². The molecule has 1 amide bonds. The lowest BCUT2D eigenvalue weighted by Crippen LogP contribution is -2.55. The molecular formula is C11H20N2O3S. The molecule has 17 heavy (non-hydrogen) atoms. The SMILES string of the molecule is CC(C(=O)N1CCS(=O)(=O)CC1C)C1CNC1. The van der Waals surface area contributed by atoms with E-state index in [-0.39, 0.29) is 29.4 Å². The Morgan fingerprint density at radius 2 is 2.06 bits per heavy atom. The predicted molar refractivity (Wildman–Crippen MR) is 65.4 cm³/mol. The number of nitrogens with one attached hydrogen (secondary N) is 1. The summed E-state index contributed by atoms with van der Waals surface area (Å²) < 4.78 is 22.9. The fourth-order valence-corrected chi connectivity index (χ4v) is 4.01. The topological polar surface area (TPSA) is 66.5 Å². The molecule has 0 aromatic rings. The lowest BCUT2D eigenvalue weighted by molar-refractivity contribution is -0.139. The molecule has 5 nitrogen and oxygen atoms in total. The van der Waals surface area contributed by atoms with Gasteiger partial charge in [0.05, 0.1) is 11.5 Å². The zero-order valence-electron chi connectivity index (χ0n) is 10.3. The van der Waals surface area contributed by atoms with Crippen molar-refractivity contribution in [2.24, 2.45) is 11.8 Å². The van der Waals surface area contributed by atoms with Gasteiger partial charge in [0.2, 0.25) is 5.91 Å². The van der Waals surface area contributed by atoms with E-state index in [1.165, 1.54) is 0 Å². The number of carbonyl (C=O) groups is 1. The summed E-state index contributed by atoms with van der Waals surface area (Å²) in [5.41, 5.74) is 0. The molecule has 2 heterocycles. The minimum absolute atomic E-state index is 0.000459. The highest BCUT2D eigenvalue weighted by Gasteiger charge is 2.36. The smallest absolute Gasteiger partial charge is 0.226 e. The van der Waals surface area contributed by atoms with Gasteiger partial charge in [-0.1, -0.05) is 6.92 Å². The first kappa shape index (κ1) is 12.8. The van der Waals surface area contributed by atoms with Gasteiger partial charge >= 0.3 is 0 Å². The van der Waals surface area contributed by atoms with E-state index in [0.29, 0.717) is 12.5 Å². The zero-order valence-corrected chi connectivity index (χ0v) is 11.2. The maximum absolute atomic E-state index is 12.3. The molecule has 2 rings (SSSR count). The number of sulfone groups is 1. The summed E-state index contributed by atoms with van der Waals surface area (Å²) in [6.45, 7) is 5.91. The monoisotopic (exact) mass is 260 g/mol. The van der Waals surface area contributed by atoms with Crippen molar-refractivity contribution < 1.29 is 13.2 Å². The van der Waals surface area contributed by atoms with E-state index in [0.717, 1.165) is 13.1 Å². The number of hydrogen-bond acceptors (Lipinski definition) is 4. The van der Waals surface area contributed by atoms with E-state index in [9.17, 15) is 13.2 Å². The van der Waals surface area contributed by atoms with Gasteiger partial charge in [-0.05, 0) is 25.9 Å². The molecule has 0 aromatic heterocycles. The summed E-state index contributed by atoms with van der Waals surface area (Å²) in [6, 6.07) is -0.184. The molecule has 2 unspecified atom stereocenters. The lowest BCUT2D eigenvalue weighted by atomic mass is 9.87. The Morgan fingerprint density at radius 3 is 2.53 bits per heavy atom. The van der Waals surface area contributed by atoms with Gasteiger partial charge in [-0.25, -0.2) is 8.42 Å². The third kappa shape index (κ3) is 2.63. The zero-order chi connectivity index (χ0) is 12.6. The van der Waals surface area contributed by atoms with Crippen molar-refractivity contribution in [3.05, 3.63) is 0 Å². The van der Waals surface area contributed by atoms with E-state index in [1.54, 1.807) is 4.90 Å². The van der Waals surface area contributed by atoms with Gasteiger partial charge in [-0.2, -0.15) is 0 Å². The van der Waals surface area contributed by atoms with Gasteiger partial charge in [0.15, 0.2) is 9.84 Å². The number of hydrogen-bond donors (Lipinski definition) is 1. The molecule has 2 saturated heterocycles. The maximum Gasteiger partial charge on any atom is 0.226 e. The number of amides is 1. The quantitative estimate of drug-likeness (QED) is 0.726. The third-order valence-electron chi connectivity index (χ3n) is 3.86. The van der Waals surface area contributed by atoms with Crippen LogP contribution >= 0.6 is 0 Å². The Hall–Kier alpha value is -0.620. The molecule has 98 valence electrons. The van der Waals surface area contributed by atoms with Crippen LogP contribution in [0, 0.1) is 11.8 Å². The van der Waals surface area contributed by atoms with Crippen LogP contribution in [0.2, 0.25) is 0 Å². The molecule has 2 fully saturated rings. The second kappa shape index (κ2) is 4.57. The molecule has 0 aromatic carbocycles. The summed E-state index contributed by atoms with van der Waals surface area (Å²) in [5.74, 6) is 0.735. The number of carbonyl (C=O) groups excluding carboxylic acids is 1. The molecule has 2 aliphatic heterocycles. The Balaban J connectivity index is 2.00. The van der Waals surface area contributed by atoms with Crippen LogP contribution in [0.5, 0.6) is 0 Å². The first-order valence-corrected chi connectivity index (χ1v) is 7.94. The maximum atomic E-state index is 12.3. The van der Waals surface area contributed by atoms with E-state index >= 15 is 0 Å². The van der Waals surface area contributed by atoms with Gasteiger partial charge in [0.1, 0.15) is 0 Å². The van der Waals surface area contributed by atoms with Gasteiger partial charge < -0.3 is 10.2 Å². The molecule has 2 aliphatic rings. The molecule has 2 atom stereocenters. The van der Waals surface area contributed by atoms with Crippen molar-refractivity contribution in [1.82, 2.24) is 10.2 Å². The first-order valence-electron chi connectivity index (χ1n) is 6.12. The highest BCUT2D eigenvalue weighted by molar-refractivity contribution is 7.91. The predicted octanol–water partition coefficient (Wildman–Crippen LogP) is -0.513. The Morgan fingerprint density at radius 1 is 1.41 bits per heavy atom. The van der Waals surface area contributed by atoms with Crippen molar-refractivity contribution in [3.63, 3.8) is 0 Å². The average Bonchev–Trinajstić information content (AvgIpc) is 2.12. The Labute approximate surface area is 102 Å². The van der Waals surface area contributed by atoms with E-state index < -0.39 is 9.84 Å². The average molecular weight is 260 g/mol. The summed E-state index contributed by atoms with van der Waals surface area (Å²) in [5, 5.41) is 3.16. The fraction of sp³-hybridized carbons (Fsp3) is 0.909. The molecule has 0 radical (unpaired) electrons. The highest BCUT2D eigenvalue weighted by Crippen LogP contribution is 2.21. The number of nitrogens with zero attached hydrogens (tertiary/aromatic N) is 1. The van der Waals surface area contributed by atoms with Gasteiger partial charge in [-0.15, -0.1) is 0 Å². The van der Waals surface area contributed by atoms with E-state index in [1.807, 2.05) is 13.8 Å².